The average molecular weight is 351 g/mol. The minimum Gasteiger partial charge on any atom is -0.462 e. The third-order valence-corrected chi connectivity index (χ3v) is 7.41. The normalized spacial score (nSPS) is 34.8. The van der Waals surface area contributed by atoms with Gasteiger partial charge in [0.1, 0.15) is 6.10 Å². The molecule has 3 saturated carbocycles. The first-order valence-corrected chi connectivity index (χ1v) is 11.2. The minimum atomic E-state index is -0.258. The van der Waals surface area contributed by atoms with Gasteiger partial charge in [0.15, 0.2) is 0 Å². The molecule has 0 radical (unpaired) electrons. The van der Waals surface area contributed by atoms with E-state index in [0.717, 1.165) is 43.4 Å². The molecule has 0 aromatic carbocycles. The van der Waals surface area contributed by atoms with E-state index >= 15 is 0 Å². The maximum absolute atomic E-state index is 12.6. The van der Waals surface area contributed by atoms with Crippen molar-refractivity contribution in [2.75, 3.05) is 0 Å². The SMILES string of the molecule is CCCC(C)(CC)C(=O)OC1CC2CC1C1CCCC21.CCCCC. The molecule has 0 spiro atoms. The number of hydrogen-bond donors (Lipinski definition) is 0. The van der Waals surface area contributed by atoms with Crippen LogP contribution in [0.25, 0.3) is 0 Å². The summed E-state index contributed by atoms with van der Waals surface area (Å²) in [5, 5.41) is 0. The minimum absolute atomic E-state index is 0.0777. The number of rotatable bonds is 7. The summed E-state index contributed by atoms with van der Waals surface area (Å²) in [7, 11) is 0. The van der Waals surface area contributed by atoms with Crippen LogP contribution in [0.4, 0.5) is 0 Å². The molecule has 0 N–H and O–H groups in total. The fourth-order valence-corrected chi connectivity index (χ4v) is 5.75. The molecule has 2 bridgehead atoms. The molecule has 0 saturated heterocycles. The van der Waals surface area contributed by atoms with E-state index < -0.39 is 0 Å². The maximum atomic E-state index is 12.6. The highest BCUT2D eigenvalue weighted by Crippen LogP contribution is 2.59. The van der Waals surface area contributed by atoms with E-state index in [2.05, 4.69) is 34.6 Å². The van der Waals surface area contributed by atoms with E-state index in [1.807, 2.05) is 0 Å². The predicted molar refractivity (Wildman–Crippen MR) is 105 cm³/mol. The molecule has 3 aliphatic carbocycles. The molecule has 0 aromatic heterocycles. The highest BCUT2D eigenvalue weighted by molar-refractivity contribution is 5.76. The smallest absolute Gasteiger partial charge is 0.312 e. The lowest BCUT2D eigenvalue weighted by atomic mass is 9.79. The zero-order valence-corrected chi connectivity index (χ0v) is 17.5. The van der Waals surface area contributed by atoms with Gasteiger partial charge in [-0.25, -0.2) is 0 Å². The Labute approximate surface area is 156 Å². The van der Waals surface area contributed by atoms with Crippen LogP contribution in [0.5, 0.6) is 0 Å². The predicted octanol–water partition coefficient (Wildman–Crippen LogP) is 6.77. The zero-order valence-electron chi connectivity index (χ0n) is 17.5. The van der Waals surface area contributed by atoms with Gasteiger partial charge in [-0.3, -0.25) is 4.79 Å². The first kappa shape index (κ1) is 20.8. The fraction of sp³-hybridized carbons (Fsp3) is 0.957. The Morgan fingerprint density at radius 3 is 2.20 bits per heavy atom. The van der Waals surface area contributed by atoms with E-state index in [1.54, 1.807) is 0 Å². The zero-order chi connectivity index (χ0) is 18.4. The largest absolute Gasteiger partial charge is 0.462 e. The van der Waals surface area contributed by atoms with Crippen LogP contribution >= 0.6 is 0 Å². The van der Waals surface area contributed by atoms with Crippen molar-refractivity contribution in [2.45, 2.75) is 111 Å². The van der Waals surface area contributed by atoms with Crippen LogP contribution in [0.15, 0.2) is 0 Å². The number of esters is 1. The van der Waals surface area contributed by atoms with Crippen molar-refractivity contribution in [3.63, 3.8) is 0 Å². The van der Waals surface area contributed by atoms with Gasteiger partial charge in [-0.1, -0.05) is 59.8 Å². The molecule has 2 nitrogen and oxygen atoms in total. The topological polar surface area (TPSA) is 26.3 Å². The second-order valence-corrected chi connectivity index (χ2v) is 9.12. The summed E-state index contributed by atoms with van der Waals surface area (Å²) in [5.74, 6) is 3.49. The Morgan fingerprint density at radius 2 is 1.64 bits per heavy atom. The molecule has 0 aliphatic heterocycles. The second kappa shape index (κ2) is 9.42. The number of unbranched alkanes of at least 4 members (excludes halogenated alkanes) is 2. The molecule has 0 aromatic rings. The summed E-state index contributed by atoms with van der Waals surface area (Å²) in [4.78, 5) is 12.6. The Balaban J connectivity index is 0.000000399. The van der Waals surface area contributed by atoms with Gasteiger partial charge in [-0.2, -0.15) is 0 Å². The van der Waals surface area contributed by atoms with Gasteiger partial charge >= 0.3 is 5.97 Å². The monoisotopic (exact) mass is 350 g/mol. The van der Waals surface area contributed by atoms with Crippen LogP contribution < -0.4 is 0 Å². The summed E-state index contributed by atoms with van der Waals surface area (Å²) in [6, 6.07) is 0. The Morgan fingerprint density at radius 1 is 0.960 bits per heavy atom. The van der Waals surface area contributed by atoms with Crippen molar-refractivity contribution in [2.24, 2.45) is 29.1 Å². The number of carbonyl (C=O) groups is 1. The van der Waals surface area contributed by atoms with Crippen molar-refractivity contribution in [1.29, 1.82) is 0 Å². The Hall–Kier alpha value is -0.530. The molecule has 0 heterocycles. The van der Waals surface area contributed by atoms with Crippen LogP contribution in [-0.4, -0.2) is 12.1 Å². The first-order chi connectivity index (χ1) is 12.0. The van der Waals surface area contributed by atoms with Gasteiger partial charge in [-0.05, 0) is 69.1 Å². The van der Waals surface area contributed by atoms with Crippen LogP contribution in [0.2, 0.25) is 0 Å². The Bertz CT molecular complexity index is 416. The molecule has 6 unspecified atom stereocenters. The first-order valence-electron chi connectivity index (χ1n) is 11.2. The van der Waals surface area contributed by atoms with Crippen molar-refractivity contribution >= 4 is 5.97 Å². The molecule has 3 fully saturated rings. The average Bonchev–Trinajstić information content (AvgIpc) is 3.29. The molecule has 146 valence electrons. The molecule has 3 aliphatic rings. The van der Waals surface area contributed by atoms with E-state index in [4.69, 9.17) is 4.74 Å². The van der Waals surface area contributed by atoms with Gasteiger partial charge in [0.05, 0.1) is 5.41 Å². The quantitative estimate of drug-likeness (QED) is 0.474. The fourth-order valence-electron chi connectivity index (χ4n) is 5.75. The molecule has 6 atom stereocenters. The molecule has 3 rings (SSSR count). The summed E-state index contributed by atoms with van der Waals surface area (Å²) >= 11 is 0. The third kappa shape index (κ3) is 4.61. The lowest BCUT2D eigenvalue weighted by molar-refractivity contribution is -0.165. The molecule has 25 heavy (non-hydrogen) atoms. The van der Waals surface area contributed by atoms with Crippen LogP contribution in [0.3, 0.4) is 0 Å². The van der Waals surface area contributed by atoms with Gasteiger partial charge < -0.3 is 4.74 Å². The van der Waals surface area contributed by atoms with Gasteiger partial charge in [-0.15, -0.1) is 0 Å². The number of carbonyl (C=O) groups excluding carboxylic acids is 1. The van der Waals surface area contributed by atoms with E-state index in [9.17, 15) is 4.79 Å². The third-order valence-electron chi connectivity index (χ3n) is 7.41. The van der Waals surface area contributed by atoms with Crippen LogP contribution in [0.1, 0.15) is 105 Å². The molecular formula is C23H42O2. The van der Waals surface area contributed by atoms with Crippen molar-refractivity contribution in [3.05, 3.63) is 0 Å². The number of ether oxygens (including phenoxy) is 1. The summed E-state index contributed by atoms with van der Waals surface area (Å²) < 4.78 is 6.02. The summed E-state index contributed by atoms with van der Waals surface area (Å²) in [6.45, 7) is 10.8. The highest BCUT2D eigenvalue weighted by atomic mass is 16.5. The van der Waals surface area contributed by atoms with Crippen molar-refractivity contribution in [3.8, 4) is 0 Å². The summed E-state index contributed by atoms with van der Waals surface area (Å²) in [5.41, 5.74) is -0.258. The van der Waals surface area contributed by atoms with Crippen LogP contribution in [-0.2, 0) is 9.53 Å². The van der Waals surface area contributed by atoms with Gasteiger partial charge in [0.2, 0.25) is 0 Å². The van der Waals surface area contributed by atoms with Crippen molar-refractivity contribution in [1.82, 2.24) is 0 Å². The molecule has 2 heteroatoms. The van der Waals surface area contributed by atoms with Crippen LogP contribution in [0, 0.1) is 29.1 Å². The van der Waals surface area contributed by atoms with Gasteiger partial charge in [0.25, 0.3) is 0 Å². The van der Waals surface area contributed by atoms with E-state index in [-0.39, 0.29) is 17.5 Å². The highest BCUT2D eigenvalue weighted by Gasteiger charge is 2.55. The lowest BCUT2D eigenvalue weighted by Gasteiger charge is -2.34. The molecular weight excluding hydrogens is 308 g/mol. The number of hydrogen-bond acceptors (Lipinski definition) is 2. The van der Waals surface area contributed by atoms with E-state index in [0.29, 0.717) is 5.92 Å². The second-order valence-electron chi connectivity index (χ2n) is 9.12. The number of fused-ring (bicyclic) bond motifs is 5. The van der Waals surface area contributed by atoms with Crippen molar-refractivity contribution < 1.29 is 9.53 Å². The maximum Gasteiger partial charge on any atom is 0.312 e. The van der Waals surface area contributed by atoms with E-state index in [1.165, 1.54) is 44.9 Å². The lowest BCUT2D eigenvalue weighted by Crippen LogP contribution is -2.37. The molecule has 0 amide bonds. The standard InChI is InChI=1S/C18H30O2.C5H12/c1-4-9-18(3,5-2)17(19)20-16-11-12-10-15(16)14-8-6-7-13(12)14;1-3-5-4-2/h12-16H,4-11H2,1-3H3;3-5H2,1-2H3. The Kier molecular flexibility index (Phi) is 7.83. The summed E-state index contributed by atoms with van der Waals surface area (Å²) in [6.07, 6.45) is 14.0. The van der Waals surface area contributed by atoms with Gasteiger partial charge in [0, 0.05) is 0 Å².